The van der Waals surface area contributed by atoms with Gasteiger partial charge in [0.15, 0.2) is 15.8 Å². The molecule has 112 valence electrons. The molecule has 0 radical (unpaired) electrons. The molecule has 0 spiro atoms. The van der Waals surface area contributed by atoms with Crippen molar-refractivity contribution in [1.82, 2.24) is 10.6 Å². The van der Waals surface area contributed by atoms with Gasteiger partial charge in [-0.25, -0.2) is 8.42 Å². The number of hydrogen-bond donors (Lipinski definition) is 2. The summed E-state index contributed by atoms with van der Waals surface area (Å²) in [5, 5.41) is 6.35. The zero-order chi connectivity index (χ0) is 13.9. The van der Waals surface area contributed by atoms with Crippen LogP contribution in [0.15, 0.2) is 28.1 Å². The van der Waals surface area contributed by atoms with E-state index in [2.05, 4.69) is 15.6 Å². The lowest BCUT2D eigenvalue weighted by molar-refractivity contribution is 0.601. The maximum atomic E-state index is 11.7. The van der Waals surface area contributed by atoms with Gasteiger partial charge in [0.05, 0.1) is 4.90 Å². The first-order chi connectivity index (χ1) is 8.97. The standard InChI is InChI=1S/C13H19N3O2S.HI/c1-10-4-5-11(8-12(10)19(2,17)18)9-16-13-14-6-3-7-15-13;/h4-5,8H,3,6-7,9H2,1-2H3,(H2,14,15,16);1H. The van der Waals surface area contributed by atoms with Crippen LogP contribution in [0.2, 0.25) is 0 Å². The second kappa shape index (κ2) is 7.26. The molecule has 0 saturated carbocycles. The number of rotatable bonds is 3. The third kappa shape index (κ3) is 4.62. The van der Waals surface area contributed by atoms with E-state index in [-0.39, 0.29) is 24.0 Å². The molecule has 0 amide bonds. The van der Waals surface area contributed by atoms with Crippen molar-refractivity contribution in [3.05, 3.63) is 29.3 Å². The normalized spacial score (nSPS) is 14.8. The predicted molar refractivity (Wildman–Crippen MR) is 91.5 cm³/mol. The van der Waals surface area contributed by atoms with Gasteiger partial charge in [-0.2, -0.15) is 0 Å². The highest BCUT2D eigenvalue weighted by Crippen LogP contribution is 2.16. The van der Waals surface area contributed by atoms with Crippen LogP contribution in [-0.2, 0) is 16.4 Å². The van der Waals surface area contributed by atoms with Gasteiger partial charge in [0.1, 0.15) is 0 Å². The summed E-state index contributed by atoms with van der Waals surface area (Å²) in [5.74, 6) is 0.785. The van der Waals surface area contributed by atoms with Gasteiger partial charge in [0.2, 0.25) is 0 Å². The van der Waals surface area contributed by atoms with Crippen LogP contribution in [-0.4, -0.2) is 33.7 Å². The molecule has 0 atom stereocenters. The molecule has 0 bridgehead atoms. The zero-order valence-corrected chi connectivity index (χ0v) is 14.8. The van der Waals surface area contributed by atoms with E-state index in [0.717, 1.165) is 36.6 Å². The lowest BCUT2D eigenvalue weighted by Gasteiger charge is -2.16. The molecule has 1 aromatic carbocycles. The Morgan fingerprint density at radius 1 is 1.40 bits per heavy atom. The zero-order valence-electron chi connectivity index (χ0n) is 11.6. The first-order valence-electron chi connectivity index (χ1n) is 6.28. The third-order valence-electron chi connectivity index (χ3n) is 3.01. The summed E-state index contributed by atoms with van der Waals surface area (Å²) in [4.78, 5) is 4.70. The third-order valence-corrected chi connectivity index (χ3v) is 4.25. The summed E-state index contributed by atoms with van der Waals surface area (Å²) in [5.41, 5.74) is 1.71. The summed E-state index contributed by atoms with van der Waals surface area (Å²) in [6.07, 6.45) is 2.28. The molecule has 0 unspecified atom stereocenters. The molecule has 1 aliphatic heterocycles. The molecule has 0 aliphatic carbocycles. The summed E-state index contributed by atoms with van der Waals surface area (Å²) < 4.78 is 23.3. The van der Waals surface area contributed by atoms with Crippen LogP contribution in [0.25, 0.3) is 0 Å². The summed E-state index contributed by atoms with van der Waals surface area (Å²) in [7, 11) is -3.17. The largest absolute Gasteiger partial charge is 0.356 e. The Balaban J connectivity index is 0.00000200. The van der Waals surface area contributed by atoms with Crippen LogP contribution in [0.5, 0.6) is 0 Å². The molecule has 2 N–H and O–H groups in total. The molecular formula is C13H20IN3O2S. The van der Waals surface area contributed by atoms with E-state index in [0.29, 0.717) is 11.4 Å². The average Bonchev–Trinajstić information content (AvgIpc) is 2.37. The number of nitrogens with one attached hydrogen (secondary N) is 2. The van der Waals surface area contributed by atoms with Crippen molar-refractivity contribution in [2.75, 3.05) is 19.3 Å². The van der Waals surface area contributed by atoms with Crippen molar-refractivity contribution < 1.29 is 8.42 Å². The van der Waals surface area contributed by atoms with Crippen molar-refractivity contribution in [2.24, 2.45) is 4.99 Å². The van der Waals surface area contributed by atoms with Gasteiger partial charge in [0.25, 0.3) is 0 Å². The highest BCUT2D eigenvalue weighted by atomic mass is 127. The molecule has 1 heterocycles. The van der Waals surface area contributed by atoms with Gasteiger partial charge in [-0.3, -0.25) is 4.99 Å². The highest BCUT2D eigenvalue weighted by Gasteiger charge is 2.11. The van der Waals surface area contributed by atoms with Crippen molar-refractivity contribution in [3.8, 4) is 0 Å². The van der Waals surface area contributed by atoms with E-state index in [1.807, 2.05) is 12.1 Å². The minimum atomic E-state index is -3.17. The van der Waals surface area contributed by atoms with Crippen LogP contribution >= 0.6 is 24.0 Å². The van der Waals surface area contributed by atoms with E-state index in [4.69, 9.17) is 0 Å². The molecule has 5 nitrogen and oxygen atoms in total. The number of sulfone groups is 1. The summed E-state index contributed by atoms with van der Waals surface area (Å²) in [6.45, 7) is 4.13. The highest BCUT2D eigenvalue weighted by molar-refractivity contribution is 14.0. The molecule has 7 heteroatoms. The van der Waals surface area contributed by atoms with E-state index >= 15 is 0 Å². The van der Waals surface area contributed by atoms with E-state index in [1.54, 1.807) is 13.0 Å². The Kier molecular flexibility index (Phi) is 6.25. The minimum Gasteiger partial charge on any atom is -0.356 e. The number of aryl methyl sites for hydroxylation is 1. The number of aliphatic imine (C=N–C) groups is 1. The van der Waals surface area contributed by atoms with Gasteiger partial charge < -0.3 is 10.6 Å². The lowest BCUT2D eigenvalue weighted by Crippen LogP contribution is -2.40. The quantitative estimate of drug-likeness (QED) is 0.742. The Hall–Kier alpha value is -0.830. The summed E-state index contributed by atoms with van der Waals surface area (Å²) >= 11 is 0. The Bertz CT molecular complexity index is 600. The van der Waals surface area contributed by atoms with Crippen LogP contribution in [0, 0.1) is 6.92 Å². The topological polar surface area (TPSA) is 70.6 Å². The smallest absolute Gasteiger partial charge is 0.191 e. The van der Waals surface area contributed by atoms with E-state index in [1.165, 1.54) is 6.26 Å². The Morgan fingerprint density at radius 3 is 2.75 bits per heavy atom. The van der Waals surface area contributed by atoms with Crippen molar-refractivity contribution >= 4 is 39.8 Å². The Morgan fingerprint density at radius 2 is 2.15 bits per heavy atom. The van der Waals surface area contributed by atoms with Crippen molar-refractivity contribution in [1.29, 1.82) is 0 Å². The summed E-state index contributed by atoms with van der Waals surface area (Å²) in [6, 6.07) is 5.49. The number of hydrogen-bond acceptors (Lipinski definition) is 5. The molecule has 20 heavy (non-hydrogen) atoms. The lowest BCUT2D eigenvalue weighted by atomic mass is 10.1. The molecule has 2 rings (SSSR count). The predicted octanol–water partition coefficient (Wildman–Crippen LogP) is 1.46. The number of halogens is 1. The number of benzene rings is 1. The minimum absolute atomic E-state index is 0. The second-order valence-electron chi connectivity index (χ2n) is 4.74. The van der Waals surface area contributed by atoms with Crippen molar-refractivity contribution in [3.63, 3.8) is 0 Å². The van der Waals surface area contributed by atoms with E-state index < -0.39 is 9.84 Å². The molecular weight excluding hydrogens is 389 g/mol. The number of nitrogens with zero attached hydrogens (tertiary/aromatic N) is 1. The fraction of sp³-hybridized carbons (Fsp3) is 0.462. The van der Waals surface area contributed by atoms with Gasteiger partial charge in [0, 0.05) is 25.9 Å². The first-order valence-corrected chi connectivity index (χ1v) is 8.18. The van der Waals surface area contributed by atoms with Crippen LogP contribution < -0.4 is 10.6 Å². The van der Waals surface area contributed by atoms with Gasteiger partial charge >= 0.3 is 0 Å². The average molecular weight is 409 g/mol. The molecule has 0 aromatic heterocycles. The van der Waals surface area contributed by atoms with Crippen molar-refractivity contribution in [2.45, 2.75) is 24.8 Å². The SMILES string of the molecule is Cc1ccc(CNC2=NCCCN2)cc1S(C)(=O)=O.I. The van der Waals surface area contributed by atoms with Crippen LogP contribution in [0.4, 0.5) is 0 Å². The van der Waals surface area contributed by atoms with Gasteiger partial charge in [-0.1, -0.05) is 12.1 Å². The van der Waals surface area contributed by atoms with Gasteiger partial charge in [-0.15, -0.1) is 24.0 Å². The monoisotopic (exact) mass is 409 g/mol. The molecule has 1 aliphatic rings. The molecule has 0 saturated heterocycles. The van der Waals surface area contributed by atoms with Crippen LogP contribution in [0.3, 0.4) is 0 Å². The maximum absolute atomic E-state index is 11.7. The van der Waals surface area contributed by atoms with Crippen LogP contribution in [0.1, 0.15) is 17.5 Å². The maximum Gasteiger partial charge on any atom is 0.191 e. The van der Waals surface area contributed by atoms with Gasteiger partial charge in [-0.05, 0) is 30.5 Å². The Labute approximate surface area is 137 Å². The fourth-order valence-corrected chi connectivity index (χ4v) is 3.01. The first kappa shape index (κ1) is 17.2. The number of guanidine groups is 1. The van der Waals surface area contributed by atoms with E-state index in [9.17, 15) is 8.42 Å². The second-order valence-corrected chi connectivity index (χ2v) is 6.72. The molecule has 1 aromatic rings. The fourth-order valence-electron chi connectivity index (χ4n) is 1.99. The molecule has 0 fully saturated rings.